The smallest absolute Gasteiger partial charge is 0.355 e. The molecule has 0 spiro atoms. The van der Waals surface area contributed by atoms with Gasteiger partial charge in [0.15, 0.2) is 6.61 Å². The third-order valence-corrected chi connectivity index (χ3v) is 2.92. The van der Waals surface area contributed by atoms with Crippen molar-refractivity contribution in [2.75, 3.05) is 19.8 Å². The molecule has 0 fully saturated rings. The number of aryl methyl sites for hydroxylation is 1. The molecule has 0 aliphatic heterocycles. The first-order chi connectivity index (χ1) is 10.7. The van der Waals surface area contributed by atoms with E-state index in [1.165, 1.54) is 0 Å². The molecule has 6 nitrogen and oxygen atoms in total. The van der Waals surface area contributed by atoms with Gasteiger partial charge in [-0.1, -0.05) is 18.2 Å². The van der Waals surface area contributed by atoms with Crippen LogP contribution in [-0.4, -0.2) is 36.2 Å². The number of ether oxygens (including phenoxy) is 2. The normalized spacial score (nSPS) is 10.0. The fraction of sp³-hybridized carbons (Fsp3) is 0.250. The van der Waals surface area contributed by atoms with Gasteiger partial charge < -0.3 is 19.4 Å². The third kappa shape index (κ3) is 4.66. The molecule has 0 aliphatic rings. The van der Waals surface area contributed by atoms with Crippen molar-refractivity contribution in [2.24, 2.45) is 7.05 Å². The summed E-state index contributed by atoms with van der Waals surface area (Å²) in [7, 11) is 1.73. The highest BCUT2D eigenvalue weighted by Gasteiger charge is 2.12. The van der Waals surface area contributed by atoms with E-state index in [0.717, 1.165) is 5.75 Å². The highest BCUT2D eigenvalue weighted by Crippen LogP contribution is 2.07. The van der Waals surface area contributed by atoms with Gasteiger partial charge in [0.1, 0.15) is 18.1 Å². The van der Waals surface area contributed by atoms with E-state index in [-0.39, 0.29) is 12.5 Å². The van der Waals surface area contributed by atoms with Crippen molar-refractivity contribution in [3.05, 3.63) is 54.4 Å². The Bertz CT molecular complexity index is 622. The van der Waals surface area contributed by atoms with Crippen LogP contribution in [-0.2, 0) is 16.6 Å². The molecule has 116 valence electrons. The first kappa shape index (κ1) is 15.6. The summed E-state index contributed by atoms with van der Waals surface area (Å²) in [5, 5.41) is 2.62. The lowest BCUT2D eigenvalue weighted by molar-refractivity contribution is -0.124. The molecule has 2 aromatic rings. The molecule has 6 heteroatoms. The number of para-hydroxylation sites is 1. The topological polar surface area (TPSA) is 69.6 Å². The lowest BCUT2D eigenvalue weighted by atomic mass is 10.3. The summed E-state index contributed by atoms with van der Waals surface area (Å²) in [6, 6.07) is 12.7. The Morgan fingerprint density at radius 1 is 1.14 bits per heavy atom. The van der Waals surface area contributed by atoms with Crippen LogP contribution in [0.15, 0.2) is 48.7 Å². The predicted molar refractivity (Wildman–Crippen MR) is 80.6 cm³/mol. The maximum Gasteiger partial charge on any atom is 0.355 e. The predicted octanol–water partition coefficient (Wildman–Crippen LogP) is 1.38. The second-order valence-electron chi connectivity index (χ2n) is 4.59. The van der Waals surface area contributed by atoms with E-state index < -0.39 is 5.97 Å². The Morgan fingerprint density at radius 3 is 2.59 bits per heavy atom. The number of esters is 1. The number of benzene rings is 1. The summed E-state index contributed by atoms with van der Waals surface area (Å²) in [6.45, 7) is 0.381. The van der Waals surface area contributed by atoms with E-state index >= 15 is 0 Å². The van der Waals surface area contributed by atoms with E-state index in [9.17, 15) is 9.59 Å². The minimum atomic E-state index is -0.525. The van der Waals surface area contributed by atoms with Crippen molar-refractivity contribution in [3.63, 3.8) is 0 Å². The van der Waals surface area contributed by atoms with Gasteiger partial charge in [-0.25, -0.2) is 4.79 Å². The summed E-state index contributed by atoms with van der Waals surface area (Å²) in [5.74, 6) is -0.144. The van der Waals surface area contributed by atoms with Crippen LogP contribution in [0, 0.1) is 0 Å². The third-order valence-electron chi connectivity index (χ3n) is 2.92. The van der Waals surface area contributed by atoms with Gasteiger partial charge in [0.05, 0.1) is 6.54 Å². The van der Waals surface area contributed by atoms with Crippen molar-refractivity contribution in [2.45, 2.75) is 0 Å². The zero-order valence-electron chi connectivity index (χ0n) is 12.3. The minimum absolute atomic E-state index is 0.310. The lowest BCUT2D eigenvalue weighted by Crippen LogP contribution is -2.32. The van der Waals surface area contributed by atoms with Crippen LogP contribution in [0.25, 0.3) is 0 Å². The van der Waals surface area contributed by atoms with Gasteiger partial charge in [0.2, 0.25) is 0 Å². The maximum atomic E-state index is 11.7. The quantitative estimate of drug-likeness (QED) is 0.619. The molecule has 1 aromatic carbocycles. The minimum Gasteiger partial charge on any atom is -0.492 e. The number of aromatic nitrogens is 1. The largest absolute Gasteiger partial charge is 0.492 e. The van der Waals surface area contributed by atoms with Crippen molar-refractivity contribution in [1.29, 1.82) is 0 Å². The molecule has 0 atom stereocenters. The molecule has 1 N–H and O–H groups in total. The Hall–Kier alpha value is -2.76. The van der Waals surface area contributed by atoms with Crippen molar-refractivity contribution >= 4 is 11.9 Å². The molecule has 0 radical (unpaired) electrons. The van der Waals surface area contributed by atoms with Crippen molar-refractivity contribution in [3.8, 4) is 5.75 Å². The standard InChI is InChI=1S/C16H18N2O4/c1-18-10-5-8-14(18)16(20)22-12-15(19)17-9-11-21-13-6-3-2-4-7-13/h2-8,10H,9,11-12H2,1H3,(H,17,19). The van der Waals surface area contributed by atoms with E-state index in [0.29, 0.717) is 18.8 Å². The summed E-state index contributed by atoms with van der Waals surface area (Å²) in [6.07, 6.45) is 1.73. The van der Waals surface area contributed by atoms with Crippen LogP contribution in [0.3, 0.4) is 0 Å². The number of carbonyl (C=O) groups is 2. The zero-order chi connectivity index (χ0) is 15.8. The molecule has 0 saturated carbocycles. The fourth-order valence-corrected chi connectivity index (χ4v) is 1.81. The summed E-state index contributed by atoms with van der Waals surface area (Å²) >= 11 is 0. The summed E-state index contributed by atoms with van der Waals surface area (Å²) in [5.41, 5.74) is 0.403. The number of carbonyl (C=O) groups excluding carboxylic acids is 2. The summed E-state index contributed by atoms with van der Waals surface area (Å²) in [4.78, 5) is 23.3. The number of nitrogens with one attached hydrogen (secondary N) is 1. The van der Waals surface area contributed by atoms with Crippen LogP contribution < -0.4 is 10.1 Å². The van der Waals surface area contributed by atoms with Gasteiger partial charge in [-0.3, -0.25) is 4.79 Å². The van der Waals surface area contributed by atoms with E-state index in [1.807, 2.05) is 30.3 Å². The second-order valence-corrected chi connectivity index (χ2v) is 4.59. The highest BCUT2D eigenvalue weighted by atomic mass is 16.5. The summed E-state index contributed by atoms with van der Waals surface area (Å²) < 4.78 is 12.0. The van der Waals surface area contributed by atoms with Crippen LogP contribution in [0.4, 0.5) is 0 Å². The van der Waals surface area contributed by atoms with Crippen LogP contribution in [0.2, 0.25) is 0 Å². The molecule has 0 saturated heterocycles. The second kappa shape index (κ2) is 7.87. The van der Waals surface area contributed by atoms with Crippen molar-refractivity contribution < 1.29 is 19.1 Å². The van der Waals surface area contributed by atoms with Crippen LogP contribution in [0.5, 0.6) is 5.75 Å². The average Bonchev–Trinajstić information content (AvgIpc) is 2.96. The van der Waals surface area contributed by atoms with E-state index in [1.54, 1.807) is 29.9 Å². The maximum absolute atomic E-state index is 11.7. The van der Waals surface area contributed by atoms with Crippen molar-refractivity contribution in [1.82, 2.24) is 9.88 Å². The fourth-order valence-electron chi connectivity index (χ4n) is 1.81. The number of rotatable bonds is 7. The van der Waals surface area contributed by atoms with Crippen LogP contribution >= 0.6 is 0 Å². The van der Waals surface area contributed by atoms with Gasteiger partial charge >= 0.3 is 5.97 Å². The Morgan fingerprint density at radius 2 is 1.91 bits per heavy atom. The van der Waals surface area contributed by atoms with Crippen LogP contribution in [0.1, 0.15) is 10.5 Å². The Labute approximate surface area is 128 Å². The first-order valence-electron chi connectivity index (χ1n) is 6.90. The van der Waals surface area contributed by atoms with Gasteiger partial charge in [-0.05, 0) is 24.3 Å². The monoisotopic (exact) mass is 302 g/mol. The molecule has 0 aliphatic carbocycles. The molecule has 1 heterocycles. The average molecular weight is 302 g/mol. The Kier molecular flexibility index (Phi) is 5.59. The number of hydrogen-bond donors (Lipinski definition) is 1. The Balaban J connectivity index is 1.62. The molecule has 22 heavy (non-hydrogen) atoms. The first-order valence-corrected chi connectivity index (χ1v) is 6.90. The zero-order valence-corrected chi connectivity index (χ0v) is 12.3. The number of amides is 1. The molecule has 1 aromatic heterocycles. The van der Waals surface area contributed by atoms with Gasteiger partial charge in [-0.2, -0.15) is 0 Å². The highest BCUT2D eigenvalue weighted by molar-refractivity contribution is 5.89. The molecular weight excluding hydrogens is 284 g/mol. The lowest BCUT2D eigenvalue weighted by Gasteiger charge is -2.08. The molecule has 1 amide bonds. The van der Waals surface area contributed by atoms with E-state index in [4.69, 9.17) is 9.47 Å². The van der Waals surface area contributed by atoms with Gasteiger partial charge in [0.25, 0.3) is 5.91 Å². The van der Waals surface area contributed by atoms with Gasteiger partial charge in [0, 0.05) is 13.2 Å². The van der Waals surface area contributed by atoms with E-state index in [2.05, 4.69) is 5.32 Å². The van der Waals surface area contributed by atoms with Gasteiger partial charge in [-0.15, -0.1) is 0 Å². The molecule has 2 rings (SSSR count). The SMILES string of the molecule is Cn1cccc1C(=O)OCC(=O)NCCOc1ccccc1. The molecule has 0 unspecified atom stereocenters. The number of hydrogen-bond acceptors (Lipinski definition) is 4. The number of nitrogens with zero attached hydrogens (tertiary/aromatic N) is 1. The molecule has 0 bridgehead atoms. The molecular formula is C16H18N2O4.